The van der Waals surface area contributed by atoms with E-state index in [0.717, 1.165) is 38.9 Å². The van der Waals surface area contributed by atoms with Crippen LogP contribution in [0.5, 0.6) is 0 Å². The Kier molecular flexibility index (Phi) is 4.82. The number of piperazine rings is 1. The fraction of sp³-hybridized carbons (Fsp3) is 0.833. The first-order chi connectivity index (χ1) is 11.5. The van der Waals surface area contributed by atoms with E-state index in [1.165, 1.54) is 0 Å². The van der Waals surface area contributed by atoms with Crippen LogP contribution in [0, 0.1) is 16.7 Å². The molecule has 6 nitrogen and oxygen atoms in total. The van der Waals surface area contributed by atoms with Crippen molar-refractivity contribution in [3.63, 3.8) is 0 Å². The molecule has 2 heterocycles. The molecule has 3 fully saturated rings. The monoisotopic (exact) mass is 332 g/mol. The Hall–Kier alpha value is -1.61. The van der Waals surface area contributed by atoms with E-state index >= 15 is 0 Å². The molecule has 2 amide bonds. The lowest BCUT2D eigenvalue weighted by molar-refractivity contribution is -0.148. The van der Waals surface area contributed by atoms with Gasteiger partial charge in [-0.1, -0.05) is 0 Å². The summed E-state index contributed by atoms with van der Waals surface area (Å²) in [6.45, 7) is 7.72. The van der Waals surface area contributed by atoms with Gasteiger partial charge in [-0.15, -0.1) is 0 Å². The highest BCUT2D eigenvalue weighted by atomic mass is 16.2. The van der Waals surface area contributed by atoms with Crippen molar-refractivity contribution in [2.45, 2.75) is 58.0 Å². The van der Waals surface area contributed by atoms with Gasteiger partial charge in [0.25, 0.3) is 0 Å². The van der Waals surface area contributed by atoms with Crippen LogP contribution in [0.2, 0.25) is 0 Å². The molecule has 0 N–H and O–H groups in total. The quantitative estimate of drug-likeness (QED) is 0.779. The maximum atomic E-state index is 12.7. The summed E-state index contributed by atoms with van der Waals surface area (Å²) in [4.78, 5) is 31.4. The number of piperidine rings is 1. The maximum absolute atomic E-state index is 12.7. The third-order valence-corrected chi connectivity index (χ3v) is 5.94. The number of amides is 2. The topological polar surface area (TPSA) is 67.7 Å². The minimum atomic E-state index is -0.753. The van der Waals surface area contributed by atoms with Crippen LogP contribution in [0.25, 0.3) is 0 Å². The van der Waals surface area contributed by atoms with E-state index in [0.29, 0.717) is 25.9 Å². The predicted molar refractivity (Wildman–Crippen MR) is 89.9 cm³/mol. The third kappa shape index (κ3) is 2.90. The number of carbonyl (C=O) groups is 2. The highest BCUT2D eigenvalue weighted by molar-refractivity contribution is 5.86. The number of carbonyl (C=O) groups excluding carboxylic acids is 2. The lowest BCUT2D eigenvalue weighted by Gasteiger charge is -2.45. The Morgan fingerprint density at radius 1 is 1.17 bits per heavy atom. The highest BCUT2D eigenvalue weighted by Gasteiger charge is 2.47. The van der Waals surface area contributed by atoms with E-state index in [2.05, 4.69) is 24.8 Å². The molecule has 0 aromatic rings. The fourth-order valence-electron chi connectivity index (χ4n) is 4.17. The molecule has 2 saturated heterocycles. The number of likely N-dealkylation sites (tertiary alicyclic amines) is 1. The summed E-state index contributed by atoms with van der Waals surface area (Å²) >= 11 is 0. The Morgan fingerprint density at radius 2 is 1.83 bits per heavy atom. The summed E-state index contributed by atoms with van der Waals surface area (Å²) in [7, 11) is 0. The van der Waals surface area contributed by atoms with Crippen LogP contribution in [0.1, 0.15) is 46.0 Å². The van der Waals surface area contributed by atoms with Gasteiger partial charge >= 0.3 is 0 Å². The van der Waals surface area contributed by atoms with Crippen LogP contribution in [0.4, 0.5) is 0 Å². The van der Waals surface area contributed by atoms with Crippen molar-refractivity contribution >= 4 is 11.8 Å². The van der Waals surface area contributed by atoms with E-state index in [1.54, 1.807) is 0 Å². The summed E-state index contributed by atoms with van der Waals surface area (Å²) < 4.78 is 0. The van der Waals surface area contributed by atoms with Gasteiger partial charge < -0.3 is 9.80 Å². The third-order valence-electron chi connectivity index (χ3n) is 5.94. The molecule has 132 valence electrons. The molecule has 0 aromatic heterocycles. The van der Waals surface area contributed by atoms with Crippen molar-refractivity contribution in [3.05, 3.63) is 0 Å². The predicted octanol–water partition coefficient (Wildman–Crippen LogP) is 1.22. The van der Waals surface area contributed by atoms with Crippen LogP contribution >= 0.6 is 0 Å². The molecule has 3 rings (SSSR count). The van der Waals surface area contributed by atoms with E-state index in [9.17, 15) is 14.9 Å². The van der Waals surface area contributed by atoms with Crippen LogP contribution in [0.15, 0.2) is 0 Å². The molecule has 0 radical (unpaired) electrons. The zero-order valence-electron chi connectivity index (χ0n) is 14.8. The molecule has 3 aliphatic rings. The van der Waals surface area contributed by atoms with E-state index in [4.69, 9.17) is 0 Å². The number of nitrogens with zero attached hydrogens (tertiary/aromatic N) is 4. The van der Waals surface area contributed by atoms with E-state index in [-0.39, 0.29) is 23.9 Å². The first-order valence-corrected chi connectivity index (χ1v) is 9.24. The minimum absolute atomic E-state index is 0.00896. The van der Waals surface area contributed by atoms with Gasteiger partial charge in [-0.2, -0.15) is 5.26 Å². The maximum Gasteiger partial charge on any atom is 0.243 e. The second kappa shape index (κ2) is 6.72. The van der Waals surface area contributed by atoms with E-state index < -0.39 is 5.41 Å². The fourth-order valence-corrected chi connectivity index (χ4v) is 4.17. The zero-order chi connectivity index (χ0) is 17.3. The normalized spacial score (nSPS) is 27.8. The second-order valence-electron chi connectivity index (χ2n) is 7.66. The zero-order valence-corrected chi connectivity index (χ0v) is 14.8. The number of hydrogen-bond donors (Lipinski definition) is 0. The molecule has 0 spiro atoms. The Labute approximate surface area is 144 Å². The van der Waals surface area contributed by atoms with Crippen LogP contribution in [-0.2, 0) is 9.59 Å². The van der Waals surface area contributed by atoms with Crippen molar-refractivity contribution in [1.82, 2.24) is 14.7 Å². The molecule has 1 aliphatic carbocycles. The smallest absolute Gasteiger partial charge is 0.243 e. The number of hydrogen-bond acceptors (Lipinski definition) is 4. The average molecular weight is 332 g/mol. The Morgan fingerprint density at radius 3 is 2.33 bits per heavy atom. The molecule has 1 saturated carbocycles. The van der Waals surface area contributed by atoms with Gasteiger partial charge in [0, 0.05) is 38.8 Å². The lowest BCUT2D eigenvalue weighted by atomic mass is 9.69. The van der Waals surface area contributed by atoms with Crippen LogP contribution < -0.4 is 0 Å². The van der Waals surface area contributed by atoms with Crippen molar-refractivity contribution in [3.8, 4) is 6.07 Å². The summed E-state index contributed by atoms with van der Waals surface area (Å²) in [6, 6.07) is 2.46. The first kappa shape index (κ1) is 17.2. The number of rotatable bonds is 3. The van der Waals surface area contributed by atoms with Gasteiger partial charge in [0.2, 0.25) is 11.8 Å². The molecule has 0 aromatic carbocycles. The molecule has 24 heavy (non-hydrogen) atoms. The molecular formula is C18H28N4O2. The molecule has 0 bridgehead atoms. The molecule has 1 atom stereocenters. The van der Waals surface area contributed by atoms with Crippen molar-refractivity contribution in [2.24, 2.45) is 5.41 Å². The summed E-state index contributed by atoms with van der Waals surface area (Å²) in [5, 5.41) is 9.35. The largest absolute Gasteiger partial charge is 0.339 e. The Balaban J connectivity index is 1.58. The van der Waals surface area contributed by atoms with Gasteiger partial charge in [0.15, 0.2) is 0 Å². The lowest BCUT2D eigenvalue weighted by Crippen LogP contribution is -2.60. The number of nitriles is 1. The van der Waals surface area contributed by atoms with Gasteiger partial charge in [-0.25, -0.2) is 0 Å². The van der Waals surface area contributed by atoms with Gasteiger partial charge in [-0.05, 0) is 46.0 Å². The van der Waals surface area contributed by atoms with Gasteiger partial charge in [0.1, 0.15) is 5.41 Å². The molecule has 2 aliphatic heterocycles. The highest BCUT2D eigenvalue weighted by Crippen LogP contribution is 2.42. The summed E-state index contributed by atoms with van der Waals surface area (Å²) in [5.74, 6) is 0.248. The first-order valence-electron chi connectivity index (χ1n) is 9.24. The van der Waals surface area contributed by atoms with Gasteiger partial charge in [0.05, 0.1) is 12.1 Å². The van der Waals surface area contributed by atoms with Crippen LogP contribution in [0.3, 0.4) is 0 Å². The minimum Gasteiger partial charge on any atom is -0.339 e. The second-order valence-corrected chi connectivity index (χ2v) is 7.66. The van der Waals surface area contributed by atoms with Crippen molar-refractivity contribution in [2.75, 3.05) is 32.7 Å². The van der Waals surface area contributed by atoms with Crippen molar-refractivity contribution in [1.29, 1.82) is 5.26 Å². The van der Waals surface area contributed by atoms with Crippen molar-refractivity contribution < 1.29 is 9.59 Å². The Bertz CT molecular complexity index is 542. The SMILES string of the molecule is CC(C)N1CCC[C@H](N2CCN(C(=O)C3(C#N)CCC3)CC2)C1=O. The molecular weight excluding hydrogens is 304 g/mol. The van der Waals surface area contributed by atoms with Gasteiger partial charge in [-0.3, -0.25) is 14.5 Å². The molecule has 0 unspecified atom stereocenters. The average Bonchev–Trinajstić information content (AvgIpc) is 2.54. The molecule has 6 heteroatoms. The van der Waals surface area contributed by atoms with E-state index in [1.807, 2.05) is 9.80 Å². The standard InChI is InChI=1S/C18H28N4O2/c1-14(2)22-8-3-5-15(16(22)23)20-9-11-21(12-10-20)17(24)18(13-19)6-4-7-18/h14-15H,3-12H2,1-2H3/t15-/m0/s1. The summed E-state index contributed by atoms with van der Waals surface area (Å²) in [5.41, 5.74) is -0.753. The summed E-state index contributed by atoms with van der Waals surface area (Å²) in [6.07, 6.45) is 4.34. The van der Waals surface area contributed by atoms with Crippen LogP contribution in [-0.4, -0.2) is 71.3 Å².